The van der Waals surface area contributed by atoms with Gasteiger partial charge in [-0.2, -0.15) is 13.2 Å². The van der Waals surface area contributed by atoms with E-state index in [-0.39, 0.29) is 23.3 Å². The number of rotatable bonds is 6. The van der Waals surface area contributed by atoms with Crippen molar-refractivity contribution < 1.29 is 46.2 Å². The first-order valence-corrected chi connectivity index (χ1v) is 15.0. The third-order valence-corrected chi connectivity index (χ3v) is 8.53. The highest BCUT2D eigenvalue weighted by Crippen LogP contribution is 2.37. The number of carbonyl (C=O) groups is 4. The number of nitrogens with one attached hydrogen (secondary N) is 1. The largest absolute Gasteiger partial charge is 0.490 e. The first-order valence-electron chi connectivity index (χ1n) is 15.0. The number of hydrogen-bond donors (Lipinski definition) is 2. The van der Waals surface area contributed by atoms with Crippen molar-refractivity contribution in [3.8, 4) is 0 Å². The van der Waals surface area contributed by atoms with E-state index in [9.17, 15) is 31.9 Å². The maximum Gasteiger partial charge on any atom is 0.490 e. The minimum absolute atomic E-state index is 0.0285. The number of piperazine rings is 2. The molecule has 1 unspecified atom stereocenters. The predicted octanol–water partition coefficient (Wildman–Crippen LogP) is 3.57. The Morgan fingerprint density at radius 3 is 2.04 bits per heavy atom. The van der Waals surface area contributed by atoms with E-state index in [4.69, 9.17) is 9.90 Å². The smallest absolute Gasteiger partial charge is 0.475 e. The molecule has 2 saturated heterocycles. The summed E-state index contributed by atoms with van der Waals surface area (Å²) in [5, 5.41) is 10.1. The summed E-state index contributed by atoms with van der Waals surface area (Å²) in [6.07, 6.45) is -3.53. The number of carboxylic acids is 1. The Morgan fingerprint density at radius 2 is 1.54 bits per heavy atom. The molecule has 46 heavy (non-hydrogen) atoms. The Bertz CT molecular complexity index is 1440. The lowest BCUT2D eigenvalue weighted by Gasteiger charge is -2.46. The van der Waals surface area contributed by atoms with Gasteiger partial charge in [0.2, 0.25) is 17.7 Å². The number of halogens is 5. The van der Waals surface area contributed by atoms with E-state index in [0.29, 0.717) is 45.4 Å². The van der Waals surface area contributed by atoms with Crippen LogP contribution in [0.5, 0.6) is 0 Å². The van der Waals surface area contributed by atoms with Crippen molar-refractivity contribution in [2.75, 3.05) is 33.2 Å². The highest BCUT2D eigenvalue weighted by molar-refractivity contribution is 6.00. The van der Waals surface area contributed by atoms with Crippen molar-refractivity contribution in [1.29, 1.82) is 0 Å². The molecule has 2 aliphatic heterocycles. The number of alkyl halides is 3. The molecule has 2 N–H and O–H groups in total. The summed E-state index contributed by atoms with van der Waals surface area (Å²) < 4.78 is 61.1. The molecule has 0 bridgehead atoms. The van der Waals surface area contributed by atoms with Crippen LogP contribution in [0.3, 0.4) is 0 Å². The van der Waals surface area contributed by atoms with Gasteiger partial charge in [-0.15, -0.1) is 0 Å². The van der Waals surface area contributed by atoms with Crippen LogP contribution >= 0.6 is 0 Å². The SMILES string of the molecule is CC(C)C[C@@H]1C(=O)NC(C2Cc3ccccc3C2)C(=O)N1[C@@H](C(=O)N1CCN(C)CC1)c1ccc(F)cc1F.O=C(O)C(F)(F)F. The highest BCUT2D eigenvalue weighted by atomic mass is 19.4. The quantitative estimate of drug-likeness (QED) is 0.462. The fourth-order valence-corrected chi connectivity index (χ4v) is 6.20. The highest BCUT2D eigenvalue weighted by Gasteiger charge is 2.50. The van der Waals surface area contributed by atoms with Crippen LogP contribution in [-0.2, 0) is 32.0 Å². The maximum atomic E-state index is 15.4. The van der Waals surface area contributed by atoms with Gasteiger partial charge in [0, 0.05) is 37.8 Å². The molecule has 5 rings (SSSR count). The van der Waals surface area contributed by atoms with E-state index >= 15 is 4.39 Å². The lowest BCUT2D eigenvalue weighted by Crippen LogP contribution is -2.67. The van der Waals surface area contributed by atoms with Crippen LogP contribution in [0.25, 0.3) is 0 Å². The number of hydrogen-bond acceptors (Lipinski definition) is 5. The molecule has 1 aliphatic carbocycles. The average molecular weight is 653 g/mol. The first kappa shape index (κ1) is 34.8. The molecular formula is C32H37F5N4O5. The maximum absolute atomic E-state index is 15.4. The predicted molar refractivity (Wildman–Crippen MR) is 156 cm³/mol. The number of likely N-dealkylation sites (N-methyl/N-ethyl adjacent to an activating group) is 1. The van der Waals surface area contributed by atoms with Crippen LogP contribution in [-0.4, -0.2) is 95.0 Å². The summed E-state index contributed by atoms with van der Waals surface area (Å²) in [6, 6.07) is 7.84. The van der Waals surface area contributed by atoms with Gasteiger partial charge in [-0.25, -0.2) is 13.6 Å². The summed E-state index contributed by atoms with van der Waals surface area (Å²) in [7, 11) is 1.96. The molecule has 2 aromatic carbocycles. The fraction of sp³-hybridized carbons (Fsp3) is 0.500. The second-order valence-electron chi connectivity index (χ2n) is 12.3. The molecule has 2 heterocycles. The number of aliphatic carboxylic acids is 1. The molecule has 9 nitrogen and oxygen atoms in total. The van der Waals surface area contributed by atoms with E-state index in [1.165, 1.54) is 11.0 Å². The molecule has 250 valence electrons. The van der Waals surface area contributed by atoms with E-state index in [2.05, 4.69) is 10.2 Å². The van der Waals surface area contributed by atoms with Gasteiger partial charge in [-0.05, 0) is 55.3 Å². The van der Waals surface area contributed by atoms with Crippen LogP contribution in [0.2, 0.25) is 0 Å². The monoisotopic (exact) mass is 652 g/mol. The summed E-state index contributed by atoms with van der Waals surface area (Å²) in [6.45, 7) is 5.98. The first-order chi connectivity index (χ1) is 21.6. The Kier molecular flexibility index (Phi) is 10.7. The van der Waals surface area contributed by atoms with Gasteiger partial charge in [0.15, 0.2) is 0 Å². The van der Waals surface area contributed by atoms with Crippen molar-refractivity contribution in [3.05, 3.63) is 70.8 Å². The summed E-state index contributed by atoms with van der Waals surface area (Å²) in [5.41, 5.74) is 2.18. The van der Waals surface area contributed by atoms with Crippen molar-refractivity contribution in [3.63, 3.8) is 0 Å². The Morgan fingerprint density at radius 1 is 0.978 bits per heavy atom. The molecule has 2 aromatic rings. The second-order valence-corrected chi connectivity index (χ2v) is 12.3. The van der Waals surface area contributed by atoms with Gasteiger partial charge < -0.3 is 25.1 Å². The Labute approximate surface area is 263 Å². The van der Waals surface area contributed by atoms with Gasteiger partial charge in [-0.3, -0.25) is 14.4 Å². The lowest BCUT2D eigenvalue weighted by molar-refractivity contribution is -0.192. The minimum Gasteiger partial charge on any atom is -0.475 e. The zero-order valence-electron chi connectivity index (χ0n) is 25.7. The molecule has 2 fully saturated rings. The second kappa shape index (κ2) is 14.1. The molecule has 0 saturated carbocycles. The molecule has 14 heteroatoms. The standard InChI is InChI=1S/C30H36F2N4O3.C2HF3O2/c1-18(2)14-25-28(37)33-26(21-15-19-6-4-5-7-20(19)16-21)29(38)36(25)27(23-9-8-22(31)17-24(23)32)30(39)35-12-10-34(3)11-13-35;3-2(4,5)1(6)7/h4-9,17-18,21,25-27H,10-16H2,1-3H3,(H,33,37);(H,6,7)/t25-,26?,27-;/m1./s1. The normalized spacial score (nSPS) is 21.4. The fourth-order valence-electron chi connectivity index (χ4n) is 6.20. The summed E-state index contributed by atoms with van der Waals surface area (Å²) in [5.74, 6) is -5.78. The lowest BCUT2D eigenvalue weighted by atomic mass is 9.87. The zero-order valence-corrected chi connectivity index (χ0v) is 25.7. The Balaban J connectivity index is 0.000000617. The molecule has 3 amide bonds. The molecule has 0 radical (unpaired) electrons. The van der Waals surface area contributed by atoms with Crippen LogP contribution in [0, 0.1) is 23.5 Å². The number of carboxylic acid groups (broad SMARTS) is 1. The number of fused-ring (bicyclic) bond motifs is 1. The van der Waals surface area contributed by atoms with Gasteiger partial charge >= 0.3 is 12.1 Å². The molecule has 0 aromatic heterocycles. The molecule has 3 atom stereocenters. The van der Waals surface area contributed by atoms with Crippen LogP contribution < -0.4 is 5.32 Å². The third-order valence-electron chi connectivity index (χ3n) is 8.53. The van der Waals surface area contributed by atoms with E-state index in [1.54, 1.807) is 4.90 Å². The molecule has 0 spiro atoms. The van der Waals surface area contributed by atoms with E-state index in [0.717, 1.165) is 23.3 Å². The summed E-state index contributed by atoms with van der Waals surface area (Å²) >= 11 is 0. The third kappa shape index (κ3) is 7.83. The molecule has 3 aliphatic rings. The van der Waals surface area contributed by atoms with Crippen molar-refractivity contribution in [2.45, 2.75) is 57.4 Å². The van der Waals surface area contributed by atoms with Crippen LogP contribution in [0.15, 0.2) is 42.5 Å². The van der Waals surface area contributed by atoms with E-state index in [1.807, 2.05) is 45.2 Å². The number of nitrogens with zero attached hydrogens (tertiary/aromatic N) is 3. The topological polar surface area (TPSA) is 110 Å². The van der Waals surface area contributed by atoms with Crippen LogP contribution in [0.1, 0.15) is 43.0 Å². The van der Waals surface area contributed by atoms with E-state index < -0.39 is 53.7 Å². The summed E-state index contributed by atoms with van der Waals surface area (Å²) in [4.78, 5) is 56.1. The zero-order chi connectivity index (χ0) is 33.9. The number of amides is 3. The van der Waals surface area contributed by atoms with Crippen molar-refractivity contribution >= 4 is 23.7 Å². The van der Waals surface area contributed by atoms with Gasteiger partial charge in [0.1, 0.15) is 29.8 Å². The van der Waals surface area contributed by atoms with Gasteiger partial charge in [0.05, 0.1) is 0 Å². The van der Waals surface area contributed by atoms with Gasteiger partial charge in [0.25, 0.3) is 0 Å². The molecular weight excluding hydrogens is 615 g/mol. The minimum atomic E-state index is -5.08. The van der Waals surface area contributed by atoms with Crippen molar-refractivity contribution in [2.24, 2.45) is 11.8 Å². The average Bonchev–Trinajstić information content (AvgIpc) is 3.41. The van der Waals surface area contributed by atoms with Crippen LogP contribution in [0.4, 0.5) is 22.0 Å². The Hall–Kier alpha value is -4.07. The number of carbonyl (C=O) groups excluding carboxylic acids is 3. The van der Waals surface area contributed by atoms with Gasteiger partial charge in [-0.1, -0.05) is 44.2 Å². The van der Waals surface area contributed by atoms with Crippen molar-refractivity contribution in [1.82, 2.24) is 20.0 Å². The number of benzene rings is 2.